The summed E-state index contributed by atoms with van der Waals surface area (Å²) in [6.45, 7) is 4.44. The van der Waals surface area contributed by atoms with E-state index in [4.69, 9.17) is 16.3 Å². The molecule has 0 radical (unpaired) electrons. The number of amides is 1. The molecule has 0 bridgehead atoms. The van der Waals surface area contributed by atoms with E-state index in [1.54, 1.807) is 7.11 Å². The highest BCUT2D eigenvalue weighted by molar-refractivity contribution is 6.30. The Labute approximate surface area is 130 Å². The van der Waals surface area contributed by atoms with Crippen molar-refractivity contribution in [2.24, 2.45) is 0 Å². The van der Waals surface area contributed by atoms with Gasteiger partial charge in [0.15, 0.2) is 0 Å². The van der Waals surface area contributed by atoms with Gasteiger partial charge in [-0.25, -0.2) is 0 Å². The highest BCUT2D eigenvalue weighted by atomic mass is 35.5. The summed E-state index contributed by atoms with van der Waals surface area (Å²) in [4.78, 5) is 13.7. The van der Waals surface area contributed by atoms with Gasteiger partial charge >= 0.3 is 0 Å². The number of nitrogens with zero attached hydrogens (tertiary/aromatic N) is 1. The smallest absolute Gasteiger partial charge is 0.221 e. The van der Waals surface area contributed by atoms with Crippen molar-refractivity contribution in [3.8, 4) is 0 Å². The number of nitrogens with one attached hydrogen (secondary N) is 2. The lowest BCUT2D eigenvalue weighted by Crippen LogP contribution is -2.30. The maximum Gasteiger partial charge on any atom is 0.221 e. The van der Waals surface area contributed by atoms with E-state index in [-0.39, 0.29) is 5.91 Å². The van der Waals surface area contributed by atoms with Crippen molar-refractivity contribution in [3.05, 3.63) is 28.8 Å². The van der Waals surface area contributed by atoms with Crippen molar-refractivity contribution in [2.45, 2.75) is 13.0 Å². The number of ether oxygens (including phenoxy) is 1. The molecule has 116 valence electrons. The fourth-order valence-electron chi connectivity index (χ4n) is 2.41. The van der Waals surface area contributed by atoms with Gasteiger partial charge in [-0.15, -0.1) is 0 Å². The second-order valence-electron chi connectivity index (χ2n) is 5.03. The van der Waals surface area contributed by atoms with E-state index in [0.717, 1.165) is 42.5 Å². The van der Waals surface area contributed by atoms with Crippen LogP contribution in [-0.2, 0) is 16.1 Å². The zero-order valence-corrected chi connectivity index (χ0v) is 13.1. The molecule has 0 unspecified atom stereocenters. The van der Waals surface area contributed by atoms with E-state index in [0.29, 0.717) is 19.6 Å². The number of carbonyl (C=O) groups excluding carboxylic acids is 1. The van der Waals surface area contributed by atoms with Crippen molar-refractivity contribution in [1.29, 1.82) is 0 Å². The van der Waals surface area contributed by atoms with Crippen LogP contribution >= 0.6 is 11.6 Å². The monoisotopic (exact) mass is 311 g/mol. The predicted octanol–water partition coefficient (Wildman–Crippen LogP) is 1.40. The van der Waals surface area contributed by atoms with Gasteiger partial charge in [0.1, 0.15) is 0 Å². The van der Waals surface area contributed by atoms with Crippen LogP contribution in [0.2, 0.25) is 5.02 Å². The Morgan fingerprint density at radius 1 is 1.43 bits per heavy atom. The molecule has 0 aromatic heterocycles. The van der Waals surface area contributed by atoms with E-state index < -0.39 is 0 Å². The lowest BCUT2D eigenvalue weighted by molar-refractivity contribution is -0.120. The first-order valence-electron chi connectivity index (χ1n) is 7.20. The van der Waals surface area contributed by atoms with Crippen LogP contribution in [0.25, 0.3) is 0 Å². The normalized spacial score (nSPS) is 15.7. The Morgan fingerprint density at radius 2 is 2.29 bits per heavy atom. The fraction of sp³-hybridized carbons (Fsp3) is 0.533. The summed E-state index contributed by atoms with van der Waals surface area (Å²) in [6.07, 6.45) is 0.527. The van der Waals surface area contributed by atoms with Crippen LogP contribution in [0.1, 0.15) is 12.0 Å². The minimum atomic E-state index is 0.117. The number of anilines is 1. The Hall–Kier alpha value is -1.30. The molecule has 5 nitrogen and oxygen atoms in total. The minimum absolute atomic E-state index is 0.117. The SMILES string of the molecule is COCCNCc1cc(Cl)ccc1N1CCNC(=O)CC1. The van der Waals surface area contributed by atoms with E-state index in [9.17, 15) is 4.79 Å². The van der Waals surface area contributed by atoms with Gasteiger partial charge in [-0.3, -0.25) is 4.79 Å². The first-order valence-corrected chi connectivity index (χ1v) is 7.58. The third-order valence-corrected chi connectivity index (χ3v) is 3.73. The Kier molecular flexibility index (Phi) is 6.29. The Balaban J connectivity index is 2.08. The molecule has 1 saturated heterocycles. The second kappa shape index (κ2) is 8.22. The Morgan fingerprint density at radius 3 is 3.10 bits per heavy atom. The summed E-state index contributed by atoms with van der Waals surface area (Å²) in [6, 6.07) is 5.91. The molecule has 1 aliphatic heterocycles. The molecule has 2 N–H and O–H groups in total. The molecule has 0 spiro atoms. The second-order valence-corrected chi connectivity index (χ2v) is 5.47. The molecule has 6 heteroatoms. The summed E-state index contributed by atoms with van der Waals surface area (Å²) < 4.78 is 5.03. The molecule has 1 aliphatic rings. The third kappa shape index (κ3) is 4.88. The van der Waals surface area contributed by atoms with Gasteiger partial charge in [-0.2, -0.15) is 0 Å². The van der Waals surface area contributed by atoms with Gasteiger partial charge in [0, 0.05) is 57.0 Å². The van der Waals surface area contributed by atoms with Gasteiger partial charge in [0.05, 0.1) is 6.61 Å². The van der Waals surface area contributed by atoms with Gasteiger partial charge in [0.2, 0.25) is 5.91 Å². The average Bonchev–Trinajstić information content (AvgIpc) is 2.69. The summed E-state index contributed by atoms with van der Waals surface area (Å²) in [5, 5.41) is 6.97. The topological polar surface area (TPSA) is 53.6 Å². The molecule has 1 heterocycles. The molecule has 1 amide bonds. The highest BCUT2D eigenvalue weighted by Gasteiger charge is 2.16. The van der Waals surface area contributed by atoms with Crippen LogP contribution in [0.4, 0.5) is 5.69 Å². The number of hydrogen-bond donors (Lipinski definition) is 2. The van der Waals surface area contributed by atoms with Crippen LogP contribution in [0.15, 0.2) is 18.2 Å². The van der Waals surface area contributed by atoms with Crippen molar-refractivity contribution >= 4 is 23.2 Å². The van der Waals surface area contributed by atoms with E-state index in [1.807, 2.05) is 18.2 Å². The van der Waals surface area contributed by atoms with Crippen molar-refractivity contribution in [1.82, 2.24) is 10.6 Å². The molecular formula is C15H22ClN3O2. The maximum atomic E-state index is 11.5. The standard InChI is InChI=1S/C15H22ClN3O2/c1-21-9-6-17-11-12-10-13(16)2-3-14(12)19-7-4-15(20)18-5-8-19/h2-3,10,17H,4-9,11H2,1H3,(H,18,20). The van der Waals surface area contributed by atoms with Gasteiger partial charge in [-0.05, 0) is 23.8 Å². The Bertz CT molecular complexity index is 482. The van der Waals surface area contributed by atoms with Gasteiger partial charge < -0.3 is 20.3 Å². The summed E-state index contributed by atoms with van der Waals surface area (Å²) in [5.74, 6) is 0.117. The van der Waals surface area contributed by atoms with Crippen LogP contribution in [0.3, 0.4) is 0 Å². The first-order chi connectivity index (χ1) is 10.2. The van der Waals surface area contributed by atoms with Crippen molar-refractivity contribution in [3.63, 3.8) is 0 Å². The predicted molar refractivity (Wildman–Crippen MR) is 84.9 cm³/mol. The van der Waals surface area contributed by atoms with Gasteiger partial charge in [0.25, 0.3) is 0 Å². The fourth-order valence-corrected chi connectivity index (χ4v) is 2.60. The third-order valence-electron chi connectivity index (χ3n) is 3.49. The number of hydrogen-bond acceptors (Lipinski definition) is 4. The van der Waals surface area contributed by atoms with E-state index in [1.165, 1.54) is 0 Å². The molecule has 21 heavy (non-hydrogen) atoms. The molecule has 1 fully saturated rings. The molecular weight excluding hydrogens is 290 g/mol. The zero-order valence-electron chi connectivity index (χ0n) is 12.3. The molecule has 1 aromatic rings. The summed E-state index contributed by atoms with van der Waals surface area (Å²) in [5.41, 5.74) is 2.29. The van der Waals surface area contributed by atoms with E-state index >= 15 is 0 Å². The summed E-state index contributed by atoms with van der Waals surface area (Å²) in [7, 11) is 1.69. The van der Waals surface area contributed by atoms with Crippen LogP contribution in [0, 0.1) is 0 Å². The van der Waals surface area contributed by atoms with Crippen LogP contribution in [-0.4, -0.2) is 45.8 Å². The maximum absolute atomic E-state index is 11.5. The molecule has 0 atom stereocenters. The molecule has 0 aliphatic carbocycles. The molecule has 1 aromatic carbocycles. The summed E-state index contributed by atoms with van der Waals surface area (Å²) >= 11 is 6.11. The van der Waals surface area contributed by atoms with Crippen LogP contribution < -0.4 is 15.5 Å². The van der Waals surface area contributed by atoms with E-state index in [2.05, 4.69) is 15.5 Å². The van der Waals surface area contributed by atoms with Crippen LogP contribution in [0.5, 0.6) is 0 Å². The van der Waals surface area contributed by atoms with Crippen molar-refractivity contribution in [2.75, 3.05) is 44.8 Å². The zero-order chi connectivity index (χ0) is 15.1. The lowest BCUT2D eigenvalue weighted by atomic mass is 10.1. The average molecular weight is 312 g/mol. The molecule has 2 rings (SSSR count). The number of halogens is 1. The lowest BCUT2D eigenvalue weighted by Gasteiger charge is -2.25. The quantitative estimate of drug-likeness (QED) is 0.780. The largest absolute Gasteiger partial charge is 0.383 e. The molecule has 0 saturated carbocycles. The number of carbonyl (C=O) groups is 1. The number of benzene rings is 1. The highest BCUT2D eigenvalue weighted by Crippen LogP contribution is 2.25. The van der Waals surface area contributed by atoms with Gasteiger partial charge in [-0.1, -0.05) is 11.6 Å². The first kappa shape index (κ1) is 16.1. The van der Waals surface area contributed by atoms with Crippen molar-refractivity contribution < 1.29 is 9.53 Å². The number of methoxy groups -OCH3 is 1. The number of rotatable bonds is 6. The minimum Gasteiger partial charge on any atom is -0.383 e.